The first-order chi connectivity index (χ1) is 11.1. The molecule has 0 atom stereocenters. The summed E-state index contributed by atoms with van der Waals surface area (Å²) < 4.78 is 9.61. The van der Waals surface area contributed by atoms with Crippen molar-refractivity contribution in [2.45, 2.75) is 0 Å². The molecule has 6 heteroatoms. The molecule has 0 unspecified atom stereocenters. The fraction of sp³-hybridized carbons (Fsp3) is 0.176. The molecule has 0 heterocycles. The number of benzene rings is 2. The first-order valence-corrected chi connectivity index (χ1v) is 6.98. The molecule has 0 fully saturated rings. The molecule has 0 radical (unpaired) electrons. The Morgan fingerprint density at radius 2 is 1.52 bits per heavy atom. The van der Waals surface area contributed by atoms with Crippen LogP contribution in [0.1, 0.15) is 10.4 Å². The van der Waals surface area contributed by atoms with Crippen molar-refractivity contribution in [1.29, 1.82) is 0 Å². The molecule has 23 heavy (non-hydrogen) atoms. The quantitative estimate of drug-likeness (QED) is 0.801. The highest BCUT2D eigenvalue weighted by atomic mass is 16.5. The van der Waals surface area contributed by atoms with Gasteiger partial charge < -0.3 is 20.1 Å². The van der Waals surface area contributed by atoms with Crippen LogP contribution in [0.15, 0.2) is 48.5 Å². The second-order valence-corrected chi connectivity index (χ2v) is 4.69. The predicted octanol–water partition coefficient (Wildman–Crippen LogP) is 2.53. The molecule has 0 aliphatic rings. The summed E-state index contributed by atoms with van der Waals surface area (Å²) >= 11 is 0. The normalized spacial score (nSPS) is 9.83. The van der Waals surface area contributed by atoms with E-state index in [0.717, 1.165) is 11.4 Å². The Labute approximate surface area is 134 Å². The number of hydrogen-bond acceptors (Lipinski definition) is 5. The third kappa shape index (κ3) is 4.74. The van der Waals surface area contributed by atoms with Crippen LogP contribution in [0.2, 0.25) is 0 Å². The standard InChI is InChI=1S/C17H18N2O4/c1-22-15-9-7-14(8-10-15)19-17(21)12-3-5-13(6-4-12)18-11-16(20)23-2/h3-10,18H,11H2,1-2H3,(H,19,21). The van der Waals surface area contributed by atoms with Crippen molar-refractivity contribution in [2.24, 2.45) is 0 Å². The van der Waals surface area contributed by atoms with Gasteiger partial charge >= 0.3 is 5.97 Å². The number of amides is 1. The number of carbonyl (C=O) groups excluding carboxylic acids is 2. The van der Waals surface area contributed by atoms with Gasteiger partial charge in [-0.05, 0) is 48.5 Å². The lowest BCUT2D eigenvalue weighted by molar-refractivity contribution is -0.138. The van der Waals surface area contributed by atoms with E-state index >= 15 is 0 Å². The highest BCUT2D eigenvalue weighted by Gasteiger charge is 2.07. The van der Waals surface area contributed by atoms with Gasteiger partial charge in [-0.15, -0.1) is 0 Å². The van der Waals surface area contributed by atoms with Crippen LogP contribution in [0.25, 0.3) is 0 Å². The van der Waals surface area contributed by atoms with Crippen LogP contribution < -0.4 is 15.4 Å². The van der Waals surface area contributed by atoms with Crippen molar-refractivity contribution in [1.82, 2.24) is 0 Å². The van der Waals surface area contributed by atoms with Gasteiger partial charge in [0, 0.05) is 16.9 Å². The molecule has 1 amide bonds. The molecule has 0 bridgehead atoms. The van der Waals surface area contributed by atoms with E-state index in [9.17, 15) is 9.59 Å². The summed E-state index contributed by atoms with van der Waals surface area (Å²) in [5, 5.41) is 5.70. The monoisotopic (exact) mass is 314 g/mol. The summed E-state index contributed by atoms with van der Waals surface area (Å²) in [6, 6.07) is 13.9. The number of esters is 1. The minimum absolute atomic E-state index is 0.0773. The minimum atomic E-state index is -0.355. The summed E-state index contributed by atoms with van der Waals surface area (Å²) in [5.41, 5.74) is 1.93. The van der Waals surface area contributed by atoms with Crippen LogP contribution in [0, 0.1) is 0 Å². The van der Waals surface area contributed by atoms with Crippen LogP contribution in [-0.4, -0.2) is 32.6 Å². The number of rotatable bonds is 6. The highest BCUT2D eigenvalue weighted by Crippen LogP contribution is 2.16. The van der Waals surface area contributed by atoms with Gasteiger partial charge in [0.1, 0.15) is 12.3 Å². The Morgan fingerprint density at radius 3 is 2.09 bits per heavy atom. The van der Waals surface area contributed by atoms with Crippen molar-refractivity contribution < 1.29 is 19.1 Å². The minimum Gasteiger partial charge on any atom is -0.497 e. The molecule has 0 saturated heterocycles. The molecule has 6 nitrogen and oxygen atoms in total. The van der Waals surface area contributed by atoms with Crippen LogP contribution in [0.3, 0.4) is 0 Å². The van der Waals surface area contributed by atoms with Crippen molar-refractivity contribution >= 4 is 23.3 Å². The van der Waals surface area contributed by atoms with Gasteiger partial charge in [-0.25, -0.2) is 0 Å². The summed E-state index contributed by atoms with van der Waals surface area (Å²) in [6.45, 7) is 0.0773. The molecule has 0 spiro atoms. The molecule has 0 aliphatic heterocycles. The summed E-state index contributed by atoms with van der Waals surface area (Å²) in [4.78, 5) is 23.2. The third-order valence-corrected chi connectivity index (χ3v) is 3.16. The highest BCUT2D eigenvalue weighted by molar-refractivity contribution is 6.04. The molecule has 2 aromatic carbocycles. The van der Waals surface area contributed by atoms with Gasteiger partial charge in [0.25, 0.3) is 5.91 Å². The predicted molar refractivity (Wildman–Crippen MR) is 87.9 cm³/mol. The smallest absolute Gasteiger partial charge is 0.325 e. The molecule has 0 aliphatic carbocycles. The Kier molecular flexibility index (Phi) is 5.57. The average molecular weight is 314 g/mol. The zero-order chi connectivity index (χ0) is 16.7. The van der Waals surface area contributed by atoms with Crippen molar-refractivity contribution in [2.75, 3.05) is 31.4 Å². The van der Waals surface area contributed by atoms with Gasteiger partial charge in [0.15, 0.2) is 0 Å². The number of ether oxygens (including phenoxy) is 2. The number of methoxy groups -OCH3 is 2. The molecule has 0 saturated carbocycles. The van der Waals surface area contributed by atoms with Crippen molar-refractivity contribution in [3.63, 3.8) is 0 Å². The van der Waals surface area contributed by atoms with Gasteiger partial charge in [-0.2, -0.15) is 0 Å². The van der Waals surface area contributed by atoms with Gasteiger partial charge in [-0.3, -0.25) is 9.59 Å². The maximum Gasteiger partial charge on any atom is 0.325 e. The lowest BCUT2D eigenvalue weighted by atomic mass is 10.2. The van der Waals surface area contributed by atoms with E-state index in [-0.39, 0.29) is 18.4 Å². The number of carbonyl (C=O) groups is 2. The van der Waals surface area contributed by atoms with Crippen molar-refractivity contribution in [3.05, 3.63) is 54.1 Å². The Bertz CT molecular complexity index is 666. The van der Waals surface area contributed by atoms with Crippen LogP contribution in [-0.2, 0) is 9.53 Å². The largest absolute Gasteiger partial charge is 0.497 e. The number of nitrogens with one attached hydrogen (secondary N) is 2. The van der Waals surface area contributed by atoms with E-state index in [2.05, 4.69) is 15.4 Å². The first-order valence-electron chi connectivity index (χ1n) is 6.98. The molecule has 2 rings (SSSR count). The number of hydrogen-bond donors (Lipinski definition) is 2. The van der Waals surface area contributed by atoms with Gasteiger partial charge in [-0.1, -0.05) is 0 Å². The topological polar surface area (TPSA) is 76.7 Å². The lowest BCUT2D eigenvalue weighted by Crippen LogP contribution is -2.15. The lowest BCUT2D eigenvalue weighted by Gasteiger charge is -2.08. The Hall–Kier alpha value is -3.02. The Morgan fingerprint density at radius 1 is 0.913 bits per heavy atom. The van der Waals surface area contributed by atoms with E-state index in [4.69, 9.17) is 4.74 Å². The SMILES string of the molecule is COC(=O)CNc1ccc(C(=O)Nc2ccc(OC)cc2)cc1. The van der Waals surface area contributed by atoms with E-state index in [0.29, 0.717) is 11.3 Å². The summed E-state index contributed by atoms with van der Waals surface area (Å²) in [6.07, 6.45) is 0. The van der Waals surface area contributed by atoms with E-state index in [1.807, 2.05) is 0 Å². The second-order valence-electron chi connectivity index (χ2n) is 4.69. The van der Waals surface area contributed by atoms with Crippen molar-refractivity contribution in [3.8, 4) is 5.75 Å². The van der Waals surface area contributed by atoms with Crippen LogP contribution >= 0.6 is 0 Å². The fourth-order valence-electron chi connectivity index (χ4n) is 1.86. The number of anilines is 2. The molecule has 2 aromatic rings. The molecule has 2 N–H and O–H groups in total. The molecule has 120 valence electrons. The molecule has 0 aromatic heterocycles. The fourth-order valence-corrected chi connectivity index (χ4v) is 1.86. The van der Waals surface area contributed by atoms with E-state index in [1.54, 1.807) is 55.6 Å². The Balaban J connectivity index is 1.95. The molecular formula is C17H18N2O4. The molecular weight excluding hydrogens is 296 g/mol. The first kappa shape index (κ1) is 16.4. The maximum atomic E-state index is 12.2. The van der Waals surface area contributed by atoms with E-state index in [1.165, 1.54) is 7.11 Å². The van der Waals surface area contributed by atoms with Crippen LogP contribution in [0.5, 0.6) is 5.75 Å². The zero-order valence-corrected chi connectivity index (χ0v) is 13.0. The van der Waals surface area contributed by atoms with Crippen LogP contribution in [0.4, 0.5) is 11.4 Å². The van der Waals surface area contributed by atoms with Gasteiger partial charge in [0.2, 0.25) is 0 Å². The maximum absolute atomic E-state index is 12.2. The summed E-state index contributed by atoms with van der Waals surface area (Å²) in [5.74, 6) is 0.157. The van der Waals surface area contributed by atoms with E-state index < -0.39 is 0 Å². The summed E-state index contributed by atoms with van der Waals surface area (Å²) in [7, 11) is 2.92. The average Bonchev–Trinajstić information content (AvgIpc) is 2.60. The van der Waals surface area contributed by atoms with Gasteiger partial charge in [0.05, 0.1) is 14.2 Å². The second kappa shape index (κ2) is 7.84. The third-order valence-electron chi connectivity index (χ3n) is 3.16. The zero-order valence-electron chi connectivity index (χ0n) is 13.0.